The number of para-hydroxylation sites is 1. The normalized spacial score (nSPS) is 10.9. The van der Waals surface area contributed by atoms with Gasteiger partial charge in [0.15, 0.2) is 0 Å². The molecule has 0 spiro atoms. The van der Waals surface area contributed by atoms with E-state index < -0.39 is 0 Å². The fraction of sp³-hybridized carbons (Fsp3) is 0.267. The van der Waals surface area contributed by atoms with Crippen molar-refractivity contribution in [2.75, 3.05) is 0 Å². The standard InChI is InChI=1S/C15H16BrN5O2/c1-8-10(9(2)23-21-8)6-17-15(22)18-7-13-19-12-5-3-4-11(16)14(12)20-13/h3-5H,6-7H2,1-2H3,(H,19,20)(H2,17,18,22). The molecule has 0 unspecified atom stereocenters. The Labute approximate surface area is 141 Å². The van der Waals surface area contributed by atoms with E-state index in [0.29, 0.717) is 24.7 Å². The van der Waals surface area contributed by atoms with Crippen LogP contribution in [0.15, 0.2) is 27.2 Å². The van der Waals surface area contributed by atoms with Gasteiger partial charge in [-0.25, -0.2) is 9.78 Å². The molecule has 0 aliphatic heterocycles. The number of hydrogen-bond acceptors (Lipinski definition) is 4. The van der Waals surface area contributed by atoms with E-state index in [1.807, 2.05) is 32.0 Å². The van der Waals surface area contributed by atoms with E-state index in [2.05, 4.69) is 41.7 Å². The summed E-state index contributed by atoms with van der Waals surface area (Å²) in [7, 11) is 0. The summed E-state index contributed by atoms with van der Waals surface area (Å²) in [5.41, 5.74) is 3.45. The number of imidazole rings is 1. The minimum absolute atomic E-state index is 0.274. The SMILES string of the molecule is Cc1noc(C)c1CNC(=O)NCc1nc2c(Br)cccc2[nH]1. The van der Waals surface area contributed by atoms with Crippen molar-refractivity contribution in [3.63, 3.8) is 0 Å². The highest BCUT2D eigenvalue weighted by atomic mass is 79.9. The molecule has 0 saturated carbocycles. The average Bonchev–Trinajstić information content (AvgIpc) is 3.08. The second kappa shape index (κ2) is 6.41. The summed E-state index contributed by atoms with van der Waals surface area (Å²) < 4.78 is 5.98. The summed E-state index contributed by atoms with van der Waals surface area (Å²) in [6.07, 6.45) is 0. The minimum atomic E-state index is -0.274. The molecule has 23 heavy (non-hydrogen) atoms. The molecule has 0 saturated heterocycles. The molecule has 0 aliphatic rings. The van der Waals surface area contributed by atoms with Crippen LogP contribution < -0.4 is 10.6 Å². The molecule has 2 aromatic heterocycles. The number of rotatable bonds is 4. The van der Waals surface area contributed by atoms with Gasteiger partial charge in [0.2, 0.25) is 0 Å². The summed E-state index contributed by atoms with van der Waals surface area (Å²) >= 11 is 3.45. The van der Waals surface area contributed by atoms with E-state index in [1.54, 1.807) is 0 Å². The van der Waals surface area contributed by atoms with E-state index in [0.717, 1.165) is 26.8 Å². The summed E-state index contributed by atoms with van der Waals surface area (Å²) in [6, 6.07) is 5.52. The zero-order valence-electron chi connectivity index (χ0n) is 12.7. The molecule has 3 aromatic rings. The maximum absolute atomic E-state index is 11.9. The summed E-state index contributed by atoms with van der Waals surface area (Å²) in [6.45, 7) is 4.35. The van der Waals surface area contributed by atoms with Crippen LogP contribution in [-0.4, -0.2) is 21.2 Å². The molecule has 0 bridgehead atoms. The molecule has 3 rings (SSSR count). The highest BCUT2D eigenvalue weighted by molar-refractivity contribution is 9.10. The van der Waals surface area contributed by atoms with Crippen molar-refractivity contribution in [1.82, 2.24) is 25.8 Å². The molecule has 0 radical (unpaired) electrons. The van der Waals surface area contributed by atoms with Gasteiger partial charge in [-0.1, -0.05) is 11.2 Å². The van der Waals surface area contributed by atoms with E-state index in [-0.39, 0.29) is 6.03 Å². The van der Waals surface area contributed by atoms with Gasteiger partial charge in [-0.3, -0.25) is 0 Å². The second-order valence-electron chi connectivity index (χ2n) is 5.16. The Balaban J connectivity index is 1.57. The highest BCUT2D eigenvalue weighted by Gasteiger charge is 2.11. The number of benzene rings is 1. The van der Waals surface area contributed by atoms with Gasteiger partial charge in [0, 0.05) is 16.6 Å². The van der Waals surface area contributed by atoms with Gasteiger partial charge in [-0.05, 0) is 41.9 Å². The number of nitrogens with one attached hydrogen (secondary N) is 3. The number of nitrogens with zero attached hydrogens (tertiary/aromatic N) is 2. The summed E-state index contributed by atoms with van der Waals surface area (Å²) in [5.74, 6) is 1.41. The maximum Gasteiger partial charge on any atom is 0.315 e. The van der Waals surface area contributed by atoms with Gasteiger partial charge < -0.3 is 20.1 Å². The smallest absolute Gasteiger partial charge is 0.315 e. The molecule has 8 heteroatoms. The maximum atomic E-state index is 11.9. The molecule has 1 aromatic carbocycles. The van der Waals surface area contributed by atoms with Crippen LogP contribution in [0.5, 0.6) is 0 Å². The van der Waals surface area contributed by atoms with Gasteiger partial charge >= 0.3 is 6.03 Å². The first-order chi connectivity index (χ1) is 11.0. The highest BCUT2D eigenvalue weighted by Crippen LogP contribution is 2.21. The van der Waals surface area contributed by atoms with Crippen LogP contribution in [-0.2, 0) is 13.1 Å². The third-order valence-corrected chi connectivity index (χ3v) is 4.18. The number of aromatic amines is 1. The van der Waals surface area contributed by atoms with Gasteiger partial charge in [0.25, 0.3) is 0 Å². The number of halogens is 1. The molecule has 120 valence electrons. The molecule has 2 amide bonds. The van der Waals surface area contributed by atoms with Crippen LogP contribution in [0.3, 0.4) is 0 Å². The Morgan fingerprint density at radius 3 is 2.78 bits per heavy atom. The molecule has 3 N–H and O–H groups in total. The van der Waals surface area contributed by atoms with Gasteiger partial charge in [0.05, 0.1) is 17.8 Å². The first-order valence-corrected chi connectivity index (χ1v) is 7.90. The Hall–Kier alpha value is -2.35. The van der Waals surface area contributed by atoms with Crippen LogP contribution in [0.25, 0.3) is 11.0 Å². The van der Waals surface area contributed by atoms with Crippen molar-refractivity contribution in [3.8, 4) is 0 Å². The summed E-state index contributed by atoms with van der Waals surface area (Å²) in [4.78, 5) is 19.5. The van der Waals surface area contributed by atoms with Crippen molar-refractivity contribution in [2.24, 2.45) is 0 Å². The van der Waals surface area contributed by atoms with Crippen molar-refractivity contribution in [3.05, 3.63) is 45.5 Å². The van der Waals surface area contributed by atoms with Crippen LogP contribution in [0.4, 0.5) is 4.79 Å². The Morgan fingerprint density at radius 2 is 2.09 bits per heavy atom. The number of H-pyrrole nitrogens is 1. The molecule has 0 fully saturated rings. The zero-order chi connectivity index (χ0) is 16.4. The van der Waals surface area contributed by atoms with E-state index in [4.69, 9.17) is 4.52 Å². The van der Waals surface area contributed by atoms with E-state index in [9.17, 15) is 4.79 Å². The molecular weight excluding hydrogens is 362 g/mol. The number of carbonyl (C=O) groups is 1. The fourth-order valence-corrected chi connectivity index (χ4v) is 2.74. The topological polar surface area (TPSA) is 95.8 Å². The Bertz CT molecular complexity index is 835. The van der Waals surface area contributed by atoms with Crippen molar-refractivity contribution in [2.45, 2.75) is 26.9 Å². The second-order valence-corrected chi connectivity index (χ2v) is 6.01. The lowest BCUT2D eigenvalue weighted by molar-refractivity contribution is 0.240. The molecule has 7 nitrogen and oxygen atoms in total. The minimum Gasteiger partial charge on any atom is -0.361 e. The van der Waals surface area contributed by atoms with Crippen LogP contribution >= 0.6 is 15.9 Å². The lowest BCUT2D eigenvalue weighted by Gasteiger charge is -2.06. The zero-order valence-corrected chi connectivity index (χ0v) is 14.3. The molecule has 0 atom stereocenters. The lowest BCUT2D eigenvalue weighted by atomic mass is 10.2. The number of carbonyl (C=O) groups excluding carboxylic acids is 1. The van der Waals surface area contributed by atoms with Gasteiger partial charge in [-0.2, -0.15) is 0 Å². The van der Waals surface area contributed by atoms with Crippen LogP contribution in [0.2, 0.25) is 0 Å². The molecular formula is C15H16BrN5O2. The molecule has 0 aliphatic carbocycles. The number of fused-ring (bicyclic) bond motifs is 1. The van der Waals surface area contributed by atoms with Crippen molar-refractivity contribution >= 4 is 33.0 Å². The van der Waals surface area contributed by atoms with E-state index in [1.165, 1.54) is 0 Å². The van der Waals surface area contributed by atoms with Crippen LogP contribution in [0, 0.1) is 13.8 Å². The first-order valence-electron chi connectivity index (χ1n) is 7.11. The number of hydrogen-bond donors (Lipinski definition) is 3. The van der Waals surface area contributed by atoms with Gasteiger partial charge in [-0.15, -0.1) is 0 Å². The Kier molecular flexibility index (Phi) is 4.33. The first kappa shape index (κ1) is 15.5. The monoisotopic (exact) mass is 377 g/mol. The third kappa shape index (κ3) is 3.37. The predicted octanol–water partition coefficient (Wildman–Crippen LogP) is 2.93. The lowest BCUT2D eigenvalue weighted by Crippen LogP contribution is -2.35. The number of amides is 2. The van der Waals surface area contributed by atoms with Crippen LogP contribution in [0.1, 0.15) is 22.8 Å². The predicted molar refractivity (Wildman–Crippen MR) is 88.8 cm³/mol. The molecule has 2 heterocycles. The van der Waals surface area contributed by atoms with Crippen molar-refractivity contribution < 1.29 is 9.32 Å². The quantitative estimate of drug-likeness (QED) is 0.651. The number of urea groups is 1. The average molecular weight is 378 g/mol. The van der Waals surface area contributed by atoms with Crippen molar-refractivity contribution in [1.29, 1.82) is 0 Å². The van der Waals surface area contributed by atoms with E-state index >= 15 is 0 Å². The Morgan fingerprint density at radius 1 is 1.30 bits per heavy atom. The number of aromatic nitrogens is 3. The third-order valence-electron chi connectivity index (χ3n) is 3.54. The number of aryl methyl sites for hydroxylation is 2. The summed E-state index contributed by atoms with van der Waals surface area (Å²) in [5, 5.41) is 9.41. The largest absolute Gasteiger partial charge is 0.361 e. The fourth-order valence-electron chi connectivity index (χ4n) is 2.28. The van der Waals surface area contributed by atoms with Gasteiger partial charge in [0.1, 0.15) is 17.1 Å².